The van der Waals surface area contributed by atoms with Gasteiger partial charge in [-0.05, 0) is 136 Å². The zero-order valence-corrected chi connectivity index (χ0v) is 24.6. The summed E-state index contributed by atoms with van der Waals surface area (Å²) in [5.74, 6) is 10.3. The van der Waals surface area contributed by atoms with E-state index in [1.165, 1.54) is 64.2 Å². The molecule has 2 heterocycles. The third-order valence-corrected chi connectivity index (χ3v) is 16.5. The fourth-order valence-corrected chi connectivity index (χ4v) is 15.7. The molecule has 9 rings (SSSR count). The van der Waals surface area contributed by atoms with Crippen LogP contribution in [0.15, 0.2) is 12.2 Å². The van der Waals surface area contributed by atoms with Gasteiger partial charge in [-0.2, -0.15) is 11.8 Å². The van der Waals surface area contributed by atoms with Crippen molar-refractivity contribution >= 4 is 11.8 Å². The van der Waals surface area contributed by atoms with Crippen molar-refractivity contribution in [2.75, 3.05) is 0 Å². The number of hydrogen-bond donors (Lipinski definition) is 2. The Kier molecular flexibility index (Phi) is 6.34. The van der Waals surface area contributed by atoms with Crippen molar-refractivity contribution in [3.63, 3.8) is 0 Å². The van der Waals surface area contributed by atoms with Gasteiger partial charge < -0.3 is 10.6 Å². The van der Waals surface area contributed by atoms with E-state index in [1.807, 2.05) is 0 Å². The zero-order chi connectivity index (χ0) is 24.8. The summed E-state index contributed by atoms with van der Waals surface area (Å²) in [5.41, 5.74) is 0. The van der Waals surface area contributed by atoms with Crippen molar-refractivity contribution in [1.29, 1.82) is 0 Å². The van der Waals surface area contributed by atoms with E-state index in [9.17, 15) is 0 Å². The first kappa shape index (κ1) is 24.6. The van der Waals surface area contributed by atoms with E-state index in [1.54, 1.807) is 44.9 Å². The van der Waals surface area contributed by atoms with Gasteiger partial charge in [0.2, 0.25) is 0 Å². The Balaban J connectivity index is 0.935. The minimum absolute atomic E-state index is 0.779. The summed E-state index contributed by atoms with van der Waals surface area (Å²) in [7, 11) is 0. The molecule has 2 N–H and O–H groups in total. The van der Waals surface area contributed by atoms with Crippen LogP contribution in [0, 0.1) is 59.2 Å². The topological polar surface area (TPSA) is 24.1 Å². The largest absolute Gasteiger partial charge is 0.308 e. The van der Waals surface area contributed by atoms with E-state index in [0.717, 1.165) is 93.8 Å². The SMILES string of the molecule is C1=CC2C3CCCCC3[C@@H](C3CCC(C4CCC5C6NC7CCCCC7NC6C6CCCC4C65)S3)[C@H]2CC1. The van der Waals surface area contributed by atoms with Crippen LogP contribution in [0.1, 0.15) is 109 Å². The van der Waals surface area contributed by atoms with Crippen LogP contribution in [0.3, 0.4) is 0 Å². The van der Waals surface area contributed by atoms with E-state index >= 15 is 0 Å². The Morgan fingerprint density at radius 2 is 1.11 bits per heavy atom. The second-order valence-electron chi connectivity index (χ2n) is 15.8. The van der Waals surface area contributed by atoms with E-state index < -0.39 is 0 Å². The third kappa shape index (κ3) is 3.71. The minimum atomic E-state index is 0.779. The number of fused-ring (bicyclic) bond motifs is 7. The van der Waals surface area contributed by atoms with Crippen molar-refractivity contribution in [1.82, 2.24) is 10.6 Å². The van der Waals surface area contributed by atoms with Crippen LogP contribution in [-0.2, 0) is 0 Å². The van der Waals surface area contributed by atoms with E-state index in [0.29, 0.717) is 0 Å². The molecule has 6 saturated carbocycles. The number of hydrogen-bond acceptors (Lipinski definition) is 3. The molecule has 7 aliphatic carbocycles. The van der Waals surface area contributed by atoms with Crippen molar-refractivity contribution in [2.45, 2.75) is 144 Å². The molecule has 0 aromatic rings. The third-order valence-electron chi connectivity index (χ3n) is 14.7. The Morgan fingerprint density at radius 1 is 0.474 bits per heavy atom. The molecule has 8 fully saturated rings. The van der Waals surface area contributed by atoms with Gasteiger partial charge in [-0.3, -0.25) is 0 Å². The fourth-order valence-electron chi connectivity index (χ4n) is 13.6. The molecule has 14 unspecified atom stereocenters. The van der Waals surface area contributed by atoms with E-state index in [4.69, 9.17) is 0 Å². The molecule has 0 spiro atoms. The molecule has 9 aliphatic rings. The number of allylic oxidation sites excluding steroid dienone is 2. The summed E-state index contributed by atoms with van der Waals surface area (Å²) in [6, 6.07) is 3.16. The molecule has 0 aromatic heterocycles. The Labute approximate surface area is 237 Å². The molecule has 2 nitrogen and oxygen atoms in total. The van der Waals surface area contributed by atoms with Gasteiger partial charge in [0.25, 0.3) is 0 Å². The Bertz CT molecular complexity index is 896. The lowest BCUT2D eigenvalue weighted by Gasteiger charge is -2.48. The van der Waals surface area contributed by atoms with Crippen molar-refractivity contribution in [3.8, 4) is 0 Å². The van der Waals surface area contributed by atoms with Crippen LogP contribution in [-0.4, -0.2) is 34.7 Å². The molecule has 0 bridgehead atoms. The van der Waals surface area contributed by atoms with Gasteiger partial charge in [-0.15, -0.1) is 0 Å². The summed E-state index contributed by atoms with van der Waals surface area (Å²) in [6.45, 7) is 0. The maximum atomic E-state index is 4.34. The van der Waals surface area contributed by atoms with Crippen molar-refractivity contribution in [2.24, 2.45) is 59.2 Å². The molecule has 3 heteroatoms. The van der Waals surface area contributed by atoms with E-state index in [-0.39, 0.29) is 0 Å². The summed E-state index contributed by atoms with van der Waals surface area (Å²) < 4.78 is 0. The van der Waals surface area contributed by atoms with E-state index in [2.05, 4.69) is 34.5 Å². The molecule has 210 valence electrons. The highest BCUT2D eigenvalue weighted by atomic mass is 32.2. The predicted octanol–water partition coefficient (Wildman–Crippen LogP) is 7.58. The normalized spacial score (nSPS) is 58.9. The Morgan fingerprint density at radius 3 is 1.95 bits per heavy atom. The smallest absolute Gasteiger partial charge is 0.0258 e. The van der Waals surface area contributed by atoms with Gasteiger partial charge in [0.1, 0.15) is 0 Å². The average molecular weight is 535 g/mol. The molecule has 0 aromatic carbocycles. The van der Waals surface area contributed by atoms with Gasteiger partial charge >= 0.3 is 0 Å². The molecule has 0 radical (unpaired) electrons. The average Bonchev–Trinajstić information content (AvgIpc) is 3.66. The van der Waals surface area contributed by atoms with Crippen LogP contribution in [0.2, 0.25) is 0 Å². The number of thioether (sulfide) groups is 1. The van der Waals surface area contributed by atoms with Crippen molar-refractivity contribution < 1.29 is 0 Å². The molecule has 2 saturated heterocycles. The molecular weight excluding hydrogens is 480 g/mol. The van der Waals surface area contributed by atoms with Crippen LogP contribution < -0.4 is 10.6 Å². The maximum absolute atomic E-state index is 4.34. The molecule has 38 heavy (non-hydrogen) atoms. The van der Waals surface area contributed by atoms with Gasteiger partial charge in [0, 0.05) is 34.7 Å². The fraction of sp³-hybridized carbons (Fsp3) is 0.943. The maximum Gasteiger partial charge on any atom is 0.0258 e. The van der Waals surface area contributed by atoms with Crippen LogP contribution in [0.4, 0.5) is 0 Å². The number of rotatable bonds is 2. The van der Waals surface area contributed by atoms with Gasteiger partial charge in [-0.1, -0.05) is 44.3 Å². The summed E-state index contributed by atoms with van der Waals surface area (Å²) in [5, 5.41) is 10.7. The number of piperazine rings is 1. The molecule has 2 aliphatic heterocycles. The van der Waals surface area contributed by atoms with Gasteiger partial charge in [0.05, 0.1) is 0 Å². The Hall–Kier alpha value is 0.0100. The second-order valence-corrected chi connectivity index (χ2v) is 17.3. The first-order valence-corrected chi connectivity index (χ1v) is 18.6. The number of nitrogens with one attached hydrogen (secondary N) is 2. The van der Waals surface area contributed by atoms with Gasteiger partial charge in [0.15, 0.2) is 0 Å². The summed E-state index contributed by atoms with van der Waals surface area (Å²) in [6.07, 6.45) is 31.0. The van der Waals surface area contributed by atoms with Crippen molar-refractivity contribution in [3.05, 3.63) is 12.2 Å². The van der Waals surface area contributed by atoms with Crippen LogP contribution in [0.5, 0.6) is 0 Å². The monoisotopic (exact) mass is 534 g/mol. The first-order chi connectivity index (χ1) is 18.8. The quantitative estimate of drug-likeness (QED) is 0.357. The summed E-state index contributed by atoms with van der Waals surface area (Å²) in [4.78, 5) is 0. The zero-order valence-electron chi connectivity index (χ0n) is 23.8. The predicted molar refractivity (Wildman–Crippen MR) is 159 cm³/mol. The highest BCUT2D eigenvalue weighted by Crippen LogP contribution is 2.64. The highest BCUT2D eigenvalue weighted by molar-refractivity contribution is 8.00. The lowest BCUT2D eigenvalue weighted by atomic mass is 9.59. The highest BCUT2D eigenvalue weighted by Gasteiger charge is 2.61. The van der Waals surface area contributed by atoms with Crippen LogP contribution in [0.25, 0.3) is 0 Å². The van der Waals surface area contributed by atoms with Crippen LogP contribution >= 0.6 is 11.8 Å². The minimum Gasteiger partial charge on any atom is -0.308 e. The molecular formula is C35H54N2S. The second kappa shape index (κ2) is 9.79. The molecule has 16 atom stereocenters. The van der Waals surface area contributed by atoms with Gasteiger partial charge in [-0.25, -0.2) is 0 Å². The standard InChI is InChI=1S/C35H54N2S/c1-3-10-23-20(8-1)21-9-2-4-11-24(21)33(23)31-19-18-30(38-31)22-16-17-27-32-25(22)12-7-13-26(32)34-35(27)37-29-15-6-5-14-28(29)36-34/h1,8,20-37H,2-7,9-19H2/t20?,21?,22?,23-,24?,25?,26?,27?,28?,29?,30?,31?,32?,33-,34?,35?/m0/s1. The first-order valence-electron chi connectivity index (χ1n) is 17.7. The lowest BCUT2D eigenvalue weighted by molar-refractivity contribution is 0.0367. The summed E-state index contributed by atoms with van der Waals surface area (Å²) >= 11 is 2.59. The molecule has 0 amide bonds. The lowest BCUT2D eigenvalue weighted by Crippen LogP contribution is -2.67.